The fourth-order valence-electron chi connectivity index (χ4n) is 8.04. The highest BCUT2D eigenvalue weighted by atomic mass is 16.2. The number of carbonyl (C=O) groups excluding carboxylic acids is 5. The summed E-state index contributed by atoms with van der Waals surface area (Å²) in [6.07, 6.45) is 10.2. The number of carbonyl (C=O) groups is 5. The average Bonchev–Trinajstić information content (AvgIpc) is 3.40. The molecule has 1 aromatic rings. The largest absolute Gasteiger partial charge is 0.346 e. The SMILES string of the molecule is C=CCCC(NC(=O)[C@@H]1[C@H]2[C@@H](CN1C(=O)[C@@H](NC(=O)NC1CCCCC1)C1Cc3ccccc3C1)C2(C)C)C(=O)C(=O)NCC=C. The van der Waals surface area contributed by atoms with Gasteiger partial charge < -0.3 is 26.2 Å². The monoisotopic (exact) mass is 631 g/mol. The molecule has 4 aliphatic rings. The first-order chi connectivity index (χ1) is 22.1. The second kappa shape index (κ2) is 14.2. The second-order valence-corrected chi connectivity index (χ2v) is 14.0. The Morgan fingerprint density at radius 3 is 2.28 bits per heavy atom. The average molecular weight is 632 g/mol. The van der Waals surface area contributed by atoms with E-state index in [1.807, 2.05) is 12.1 Å². The molecule has 5 amide bonds. The van der Waals surface area contributed by atoms with Crippen LogP contribution < -0.4 is 21.3 Å². The molecule has 1 unspecified atom stereocenters. The van der Waals surface area contributed by atoms with Gasteiger partial charge in [0.05, 0.1) is 6.04 Å². The minimum Gasteiger partial charge on any atom is -0.346 e. The predicted molar refractivity (Wildman–Crippen MR) is 176 cm³/mol. The van der Waals surface area contributed by atoms with Gasteiger partial charge in [-0.2, -0.15) is 0 Å². The van der Waals surface area contributed by atoms with E-state index >= 15 is 0 Å². The van der Waals surface area contributed by atoms with Crippen molar-refractivity contribution in [2.24, 2.45) is 23.2 Å². The Bertz CT molecular complexity index is 1340. The van der Waals surface area contributed by atoms with E-state index in [0.717, 1.165) is 43.2 Å². The van der Waals surface area contributed by atoms with E-state index in [-0.39, 0.29) is 54.1 Å². The summed E-state index contributed by atoms with van der Waals surface area (Å²) in [6.45, 7) is 12.0. The van der Waals surface area contributed by atoms with Gasteiger partial charge in [0.1, 0.15) is 12.1 Å². The maximum atomic E-state index is 14.6. The summed E-state index contributed by atoms with van der Waals surface area (Å²) < 4.78 is 0. The summed E-state index contributed by atoms with van der Waals surface area (Å²) in [4.78, 5) is 69.3. The molecule has 46 heavy (non-hydrogen) atoms. The molecule has 248 valence electrons. The number of allylic oxidation sites excluding steroid dienone is 1. The topological polar surface area (TPSA) is 137 Å². The predicted octanol–water partition coefficient (Wildman–Crippen LogP) is 3.21. The third-order valence-electron chi connectivity index (χ3n) is 10.7. The summed E-state index contributed by atoms with van der Waals surface area (Å²) in [5, 5.41) is 11.5. The van der Waals surface area contributed by atoms with Crippen molar-refractivity contribution in [3.8, 4) is 0 Å². The van der Waals surface area contributed by atoms with Gasteiger partial charge in [-0.05, 0) is 72.8 Å². The number of nitrogens with one attached hydrogen (secondary N) is 4. The number of benzene rings is 1. The molecule has 3 aliphatic carbocycles. The minimum atomic E-state index is -1.06. The standard InChI is InChI=1S/C36H49N5O5/c1-5-7-17-27(31(42)33(44)37-18-6-2)39-32(43)30-28-26(36(28,3)4)21-41(30)34(45)29(24-19-22-13-11-12-14-23(22)20-24)40-35(46)38-25-15-9-8-10-16-25/h5-6,11-14,24-30H,1-2,7-10,15-21H2,3-4H3,(H,37,44)(H,39,43)(H2,38,40,46)/t26-,27?,28-,29+,30+/m1/s1. The Hall–Kier alpha value is -3.95. The van der Waals surface area contributed by atoms with E-state index in [9.17, 15) is 24.0 Å². The number of likely N-dealkylation sites (tertiary alicyclic amines) is 1. The molecule has 10 heteroatoms. The van der Waals surface area contributed by atoms with Crippen molar-refractivity contribution in [2.45, 2.75) is 95.8 Å². The van der Waals surface area contributed by atoms with Crippen LogP contribution in [0.25, 0.3) is 0 Å². The van der Waals surface area contributed by atoms with Gasteiger partial charge in [-0.1, -0.05) is 69.5 Å². The molecular weight excluding hydrogens is 582 g/mol. The summed E-state index contributed by atoms with van der Waals surface area (Å²) in [6, 6.07) is 5.12. The number of fused-ring (bicyclic) bond motifs is 2. The number of hydrogen-bond acceptors (Lipinski definition) is 5. The molecular formula is C36H49N5O5. The Morgan fingerprint density at radius 1 is 0.978 bits per heavy atom. The van der Waals surface area contributed by atoms with E-state index in [1.54, 1.807) is 11.0 Å². The minimum absolute atomic E-state index is 0.0812. The summed E-state index contributed by atoms with van der Waals surface area (Å²) >= 11 is 0. The highest BCUT2D eigenvalue weighted by molar-refractivity contribution is 6.38. The van der Waals surface area contributed by atoms with E-state index in [0.29, 0.717) is 25.8 Å². The molecule has 5 atom stereocenters. The maximum Gasteiger partial charge on any atom is 0.315 e. The van der Waals surface area contributed by atoms with Crippen molar-refractivity contribution in [2.75, 3.05) is 13.1 Å². The number of urea groups is 1. The molecule has 1 aromatic carbocycles. The van der Waals surface area contributed by atoms with Crippen LogP contribution in [0.4, 0.5) is 4.79 Å². The highest BCUT2D eigenvalue weighted by Gasteiger charge is 2.69. The van der Waals surface area contributed by atoms with Crippen molar-refractivity contribution in [3.63, 3.8) is 0 Å². The summed E-state index contributed by atoms with van der Waals surface area (Å²) in [7, 11) is 0. The quantitative estimate of drug-likeness (QED) is 0.196. The third-order valence-corrected chi connectivity index (χ3v) is 10.7. The number of ketones is 1. The van der Waals surface area contributed by atoms with Crippen LogP contribution in [0.2, 0.25) is 0 Å². The lowest BCUT2D eigenvalue weighted by Crippen LogP contribution is -2.60. The molecule has 4 N–H and O–H groups in total. The lowest BCUT2D eigenvalue weighted by atomic mass is 9.93. The number of nitrogens with zero attached hydrogens (tertiary/aromatic N) is 1. The van der Waals surface area contributed by atoms with Crippen LogP contribution in [0.5, 0.6) is 0 Å². The van der Waals surface area contributed by atoms with Crippen LogP contribution in [0.3, 0.4) is 0 Å². The zero-order valence-corrected chi connectivity index (χ0v) is 27.2. The van der Waals surface area contributed by atoms with Crippen molar-refractivity contribution < 1.29 is 24.0 Å². The molecule has 10 nitrogen and oxygen atoms in total. The number of Topliss-reactive ketones (excluding diaryl/α,β-unsaturated/α-hetero) is 1. The van der Waals surface area contributed by atoms with Gasteiger partial charge in [0.25, 0.3) is 5.91 Å². The highest BCUT2D eigenvalue weighted by Crippen LogP contribution is 2.65. The fraction of sp³-hybridized carbons (Fsp3) is 0.583. The number of amides is 5. The normalized spacial score (nSPS) is 24.5. The van der Waals surface area contributed by atoms with Crippen LogP contribution >= 0.6 is 0 Å². The van der Waals surface area contributed by atoms with Gasteiger partial charge in [0.2, 0.25) is 17.6 Å². The molecule has 1 saturated heterocycles. The Morgan fingerprint density at radius 2 is 1.65 bits per heavy atom. The van der Waals surface area contributed by atoms with Gasteiger partial charge in [0.15, 0.2) is 0 Å². The van der Waals surface area contributed by atoms with Crippen LogP contribution in [-0.2, 0) is 32.0 Å². The zero-order chi connectivity index (χ0) is 33.0. The molecule has 2 saturated carbocycles. The number of piperidine rings is 1. The lowest BCUT2D eigenvalue weighted by Gasteiger charge is -2.35. The Balaban J connectivity index is 1.37. The fourth-order valence-corrected chi connectivity index (χ4v) is 8.04. The first kappa shape index (κ1) is 33.4. The lowest BCUT2D eigenvalue weighted by molar-refractivity contribution is -0.144. The van der Waals surface area contributed by atoms with Crippen LogP contribution in [0, 0.1) is 23.2 Å². The molecule has 3 fully saturated rings. The van der Waals surface area contributed by atoms with Gasteiger partial charge in [-0.15, -0.1) is 13.2 Å². The van der Waals surface area contributed by atoms with Crippen LogP contribution in [0.1, 0.15) is 69.9 Å². The third kappa shape index (κ3) is 7.05. The molecule has 0 bridgehead atoms. The molecule has 0 radical (unpaired) electrons. The van der Waals surface area contributed by atoms with E-state index in [2.05, 4.69) is 60.4 Å². The van der Waals surface area contributed by atoms with Crippen molar-refractivity contribution in [3.05, 3.63) is 60.7 Å². The second-order valence-electron chi connectivity index (χ2n) is 14.0. The zero-order valence-electron chi connectivity index (χ0n) is 27.2. The van der Waals surface area contributed by atoms with E-state index in [4.69, 9.17) is 0 Å². The Kier molecular flexibility index (Phi) is 10.3. The van der Waals surface area contributed by atoms with Crippen LogP contribution in [0.15, 0.2) is 49.6 Å². The van der Waals surface area contributed by atoms with Crippen molar-refractivity contribution >= 4 is 29.5 Å². The summed E-state index contributed by atoms with van der Waals surface area (Å²) in [5.74, 6) is -2.43. The van der Waals surface area contributed by atoms with Gasteiger partial charge in [-0.25, -0.2) is 4.79 Å². The van der Waals surface area contributed by atoms with Gasteiger partial charge in [-0.3, -0.25) is 19.2 Å². The van der Waals surface area contributed by atoms with E-state index in [1.165, 1.54) is 6.08 Å². The first-order valence-electron chi connectivity index (χ1n) is 16.8. The molecule has 1 heterocycles. The first-order valence-corrected chi connectivity index (χ1v) is 16.8. The van der Waals surface area contributed by atoms with Crippen molar-refractivity contribution in [1.29, 1.82) is 0 Å². The number of hydrogen-bond donors (Lipinski definition) is 4. The van der Waals surface area contributed by atoms with Crippen LogP contribution in [-0.4, -0.2) is 71.7 Å². The smallest absolute Gasteiger partial charge is 0.315 e. The molecule has 0 aromatic heterocycles. The Labute approximate surface area is 272 Å². The van der Waals surface area contributed by atoms with E-state index < -0.39 is 35.7 Å². The molecule has 0 spiro atoms. The molecule has 1 aliphatic heterocycles. The van der Waals surface area contributed by atoms with Crippen molar-refractivity contribution in [1.82, 2.24) is 26.2 Å². The maximum absolute atomic E-state index is 14.6. The van der Waals surface area contributed by atoms with Gasteiger partial charge in [0, 0.05) is 19.1 Å². The molecule has 5 rings (SSSR count). The summed E-state index contributed by atoms with van der Waals surface area (Å²) in [5.41, 5.74) is 2.17. The number of rotatable bonds is 13. The van der Waals surface area contributed by atoms with Gasteiger partial charge >= 0.3 is 6.03 Å².